The van der Waals surface area contributed by atoms with E-state index in [1.807, 2.05) is 30.3 Å². The van der Waals surface area contributed by atoms with Crippen LogP contribution in [-0.4, -0.2) is 35.7 Å². The van der Waals surface area contributed by atoms with Crippen molar-refractivity contribution in [3.05, 3.63) is 83.3 Å². The molecule has 29 heavy (non-hydrogen) atoms. The average molecular weight is 394 g/mol. The van der Waals surface area contributed by atoms with Gasteiger partial charge in [-0.3, -0.25) is 4.79 Å². The quantitative estimate of drug-likeness (QED) is 0.613. The van der Waals surface area contributed by atoms with Crippen molar-refractivity contribution >= 4 is 5.91 Å². The summed E-state index contributed by atoms with van der Waals surface area (Å²) in [4.78, 5) is 17.1. The number of carbonyl (C=O) groups is 1. The van der Waals surface area contributed by atoms with E-state index in [2.05, 4.69) is 20.8 Å². The molecule has 0 radical (unpaired) electrons. The van der Waals surface area contributed by atoms with Crippen LogP contribution in [0, 0.1) is 11.2 Å². The molecule has 0 spiro atoms. The number of aromatic nitrogens is 2. The van der Waals surface area contributed by atoms with Crippen LogP contribution in [-0.2, 0) is 24.1 Å². The van der Waals surface area contributed by atoms with Crippen LogP contribution in [0.3, 0.4) is 0 Å². The molecule has 2 heterocycles. The Morgan fingerprint density at radius 1 is 1.14 bits per heavy atom. The minimum Gasteiger partial charge on any atom is -0.355 e. The molecule has 0 aliphatic carbocycles. The molecular weight excluding hydrogens is 371 g/mol. The van der Waals surface area contributed by atoms with Crippen LogP contribution in [0.25, 0.3) is 0 Å². The normalized spacial score (nSPS) is 14.9. The second-order valence-electron chi connectivity index (χ2n) is 7.42. The number of rotatable bonds is 8. The molecule has 2 aromatic carbocycles. The molecule has 3 aromatic rings. The van der Waals surface area contributed by atoms with Crippen LogP contribution in [0.15, 0.2) is 59.1 Å². The van der Waals surface area contributed by atoms with E-state index in [1.54, 1.807) is 18.2 Å². The number of hydrogen-bond donors (Lipinski definition) is 2. The highest BCUT2D eigenvalue weighted by Gasteiger charge is 2.44. The molecule has 0 saturated carbocycles. The van der Waals surface area contributed by atoms with E-state index >= 15 is 0 Å². The van der Waals surface area contributed by atoms with E-state index in [0.717, 1.165) is 5.56 Å². The van der Waals surface area contributed by atoms with Crippen molar-refractivity contribution in [1.29, 1.82) is 0 Å². The molecule has 1 saturated heterocycles. The second-order valence-corrected chi connectivity index (χ2v) is 7.42. The predicted octanol–water partition coefficient (Wildman–Crippen LogP) is 2.29. The first-order valence-electron chi connectivity index (χ1n) is 9.72. The van der Waals surface area contributed by atoms with Gasteiger partial charge in [0.1, 0.15) is 5.82 Å². The fraction of sp³-hybridized carbons (Fsp3) is 0.318. The van der Waals surface area contributed by atoms with Crippen LogP contribution < -0.4 is 10.6 Å². The monoisotopic (exact) mass is 394 g/mol. The number of carbonyl (C=O) groups excluding carboxylic acids is 1. The summed E-state index contributed by atoms with van der Waals surface area (Å²) in [5.41, 5.74) is 1.06. The van der Waals surface area contributed by atoms with Gasteiger partial charge in [-0.15, -0.1) is 0 Å². The Hall–Kier alpha value is -3.06. The van der Waals surface area contributed by atoms with E-state index in [1.165, 1.54) is 6.07 Å². The Morgan fingerprint density at radius 2 is 1.90 bits per heavy atom. The van der Waals surface area contributed by atoms with E-state index in [9.17, 15) is 9.18 Å². The highest BCUT2D eigenvalue weighted by Crippen LogP contribution is 2.29. The Morgan fingerprint density at radius 3 is 2.62 bits per heavy atom. The van der Waals surface area contributed by atoms with Crippen molar-refractivity contribution in [3.63, 3.8) is 0 Å². The van der Waals surface area contributed by atoms with Crippen LogP contribution >= 0.6 is 0 Å². The highest BCUT2D eigenvalue weighted by atomic mass is 19.1. The van der Waals surface area contributed by atoms with Gasteiger partial charge in [0.25, 0.3) is 0 Å². The van der Waals surface area contributed by atoms with Gasteiger partial charge in [0.15, 0.2) is 5.82 Å². The average Bonchev–Trinajstić information content (AvgIpc) is 3.14. The predicted molar refractivity (Wildman–Crippen MR) is 106 cm³/mol. The Bertz CT molecular complexity index is 970. The zero-order valence-electron chi connectivity index (χ0n) is 16.0. The molecule has 1 aliphatic rings. The molecule has 6 nitrogen and oxygen atoms in total. The summed E-state index contributed by atoms with van der Waals surface area (Å²) in [5.74, 6) is 0.759. The lowest BCUT2D eigenvalue weighted by Crippen LogP contribution is -2.62. The summed E-state index contributed by atoms with van der Waals surface area (Å²) in [6.07, 6.45) is 1.44. The third-order valence-electron chi connectivity index (χ3n) is 5.23. The summed E-state index contributed by atoms with van der Waals surface area (Å²) >= 11 is 0. The maximum absolute atomic E-state index is 14.0. The van der Waals surface area contributed by atoms with Gasteiger partial charge < -0.3 is 15.2 Å². The second kappa shape index (κ2) is 8.53. The summed E-state index contributed by atoms with van der Waals surface area (Å²) < 4.78 is 19.3. The highest BCUT2D eigenvalue weighted by molar-refractivity contribution is 5.84. The zero-order chi connectivity index (χ0) is 20.1. The molecule has 0 unspecified atom stereocenters. The molecule has 4 rings (SSSR count). The SMILES string of the molecule is O=C(NCCc1nc(Cc2ccccc2)no1)C1(Cc2ccccc2F)CNC1. The number of nitrogens with zero attached hydrogens (tertiary/aromatic N) is 2. The lowest BCUT2D eigenvalue weighted by Gasteiger charge is -2.41. The lowest BCUT2D eigenvalue weighted by atomic mass is 9.75. The third kappa shape index (κ3) is 4.51. The number of hydrogen-bond acceptors (Lipinski definition) is 5. The van der Waals surface area contributed by atoms with E-state index in [-0.39, 0.29) is 11.7 Å². The molecule has 1 aliphatic heterocycles. The molecule has 150 valence electrons. The van der Waals surface area contributed by atoms with Crippen LogP contribution in [0.1, 0.15) is 22.8 Å². The Labute approximate surface area is 168 Å². The van der Waals surface area contributed by atoms with Gasteiger partial charge in [0, 0.05) is 32.5 Å². The largest absolute Gasteiger partial charge is 0.355 e. The van der Waals surface area contributed by atoms with Gasteiger partial charge in [0.05, 0.1) is 5.41 Å². The van der Waals surface area contributed by atoms with Crippen molar-refractivity contribution in [3.8, 4) is 0 Å². The first kappa shape index (κ1) is 19.3. The number of benzene rings is 2. The van der Waals surface area contributed by atoms with Gasteiger partial charge in [-0.2, -0.15) is 4.98 Å². The maximum Gasteiger partial charge on any atom is 0.229 e. The van der Waals surface area contributed by atoms with E-state index in [0.29, 0.717) is 56.2 Å². The molecule has 0 bridgehead atoms. The standard InChI is InChI=1S/C22H23FN4O2/c23-18-9-5-4-8-17(18)13-22(14-24-15-22)21(28)25-11-10-20-26-19(27-29-20)12-16-6-2-1-3-7-16/h1-9,24H,10-15H2,(H,25,28). The van der Waals surface area contributed by atoms with Crippen LogP contribution in [0.2, 0.25) is 0 Å². The molecule has 2 N–H and O–H groups in total. The van der Waals surface area contributed by atoms with Gasteiger partial charge in [0.2, 0.25) is 11.8 Å². The number of nitrogens with one attached hydrogen (secondary N) is 2. The lowest BCUT2D eigenvalue weighted by molar-refractivity contribution is -0.133. The van der Waals surface area contributed by atoms with Crippen molar-refractivity contribution in [2.75, 3.05) is 19.6 Å². The Kier molecular flexibility index (Phi) is 5.67. The van der Waals surface area contributed by atoms with Gasteiger partial charge in [-0.1, -0.05) is 53.7 Å². The first-order chi connectivity index (χ1) is 14.1. The summed E-state index contributed by atoms with van der Waals surface area (Å²) in [5, 5.41) is 10.1. The minimum absolute atomic E-state index is 0.0801. The molecule has 0 atom stereocenters. The molecule has 1 amide bonds. The van der Waals surface area contributed by atoms with Crippen molar-refractivity contribution in [2.45, 2.75) is 19.3 Å². The topological polar surface area (TPSA) is 80.1 Å². The van der Waals surface area contributed by atoms with Crippen molar-refractivity contribution < 1.29 is 13.7 Å². The van der Waals surface area contributed by atoms with Gasteiger partial charge in [-0.25, -0.2) is 4.39 Å². The third-order valence-corrected chi connectivity index (χ3v) is 5.23. The molecule has 1 aromatic heterocycles. The summed E-state index contributed by atoms with van der Waals surface area (Å²) in [7, 11) is 0. The number of amides is 1. The van der Waals surface area contributed by atoms with Gasteiger partial charge >= 0.3 is 0 Å². The molecule has 1 fully saturated rings. The van der Waals surface area contributed by atoms with Crippen molar-refractivity contribution in [1.82, 2.24) is 20.8 Å². The fourth-order valence-electron chi connectivity index (χ4n) is 3.51. The maximum atomic E-state index is 14.0. The fourth-order valence-corrected chi connectivity index (χ4v) is 3.51. The van der Waals surface area contributed by atoms with Crippen LogP contribution in [0.4, 0.5) is 4.39 Å². The Balaban J connectivity index is 1.30. The van der Waals surface area contributed by atoms with E-state index in [4.69, 9.17) is 4.52 Å². The smallest absolute Gasteiger partial charge is 0.229 e. The summed E-state index contributed by atoms with van der Waals surface area (Å²) in [6.45, 7) is 1.47. The van der Waals surface area contributed by atoms with E-state index < -0.39 is 5.41 Å². The van der Waals surface area contributed by atoms with Gasteiger partial charge in [-0.05, 0) is 23.6 Å². The first-order valence-corrected chi connectivity index (χ1v) is 9.72. The zero-order valence-corrected chi connectivity index (χ0v) is 16.0. The molecular formula is C22H23FN4O2. The summed E-state index contributed by atoms with van der Waals surface area (Å²) in [6, 6.07) is 16.5. The minimum atomic E-state index is -0.616. The molecule has 7 heteroatoms. The number of halogens is 1. The van der Waals surface area contributed by atoms with Crippen LogP contribution in [0.5, 0.6) is 0 Å². The van der Waals surface area contributed by atoms with Crippen molar-refractivity contribution in [2.24, 2.45) is 5.41 Å².